The molecule has 2 heterocycles. The summed E-state index contributed by atoms with van der Waals surface area (Å²) in [6.07, 6.45) is 0.785. The van der Waals surface area contributed by atoms with Gasteiger partial charge in [-0.15, -0.1) is 0 Å². The molecule has 0 radical (unpaired) electrons. The van der Waals surface area contributed by atoms with E-state index in [1.807, 2.05) is 17.9 Å². The van der Waals surface area contributed by atoms with E-state index in [-0.39, 0.29) is 5.91 Å². The van der Waals surface area contributed by atoms with Crippen molar-refractivity contribution in [3.05, 3.63) is 28.5 Å². The fourth-order valence-corrected chi connectivity index (χ4v) is 2.56. The highest BCUT2D eigenvalue weighted by molar-refractivity contribution is 6.29. The minimum atomic E-state index is 0.0743. The Hall–Kier alpha value is -1.09. The summed E-state index contributed by atoms with van der Waals surface area (Å²) in [7, 11) is 0. The van der Waals surface area contributed by atoms with Gasteiger partial charge in [-0.1, -0.05) is 32.4 Å². The second-order valence-corrected chi connectivity index (χ2v) is 5.58. The summed E-state index contributed by atoms with van der Waals surface area (Å²) in [5.41, 5.74) is 1.53. The quantitative estimate of drug-likeness (QED) is 0.771. The standard InChI is InChI=1S/C14H19ClN2O/c1-4-12-5-11(6-13(15)16-12)14(18)17-7-9(2)10(3)8-17/h5-6,9-10H,4,7-8H2,1-3H3. The summed E-state index contributed by atoms with van der Waals surface area (Å²) in [6.45, 7) is 8.06. The molecule has 1 fully saturated rings. The Balaban J connectivity index is 2.21. The molecule has 4 heteroatoms. The molecule has 2 rings (SSSR count). The average Bonchev–Trinajstić information content (AvgIpc) is 2.68. The molecule has 1 saturated heterocycles. The number of carbonyl (C=O) groups is 1. The predicted octanol–water partition coefficient (Wildman–Crippen LogP) is 3.03. The number of pyridine rings is 1. The first kappa shape index (κ1) is 13.3. The van der Waals surface area contributed by atoms with Gasteiger partial charge in [0.25, 0.3) is 5.91 Å². The minimum absolute atomic E-state index is 0.0743. The van der Waals surface area contributed by atoms with Crippen LogP contribution in [-0.4, -0.2) is 28.9 Å². The fourth-order valence-electron chi connectivity index (χ4n) is 2.33. The van der Waals surface area contributed by atoms with E-state index in [1.54, 1.807) is 6.07 Å². The van der Waals surface area contributed by atoms with Crippen LogP contribution in [0.15, 0.2) is 12.1 Å². The van der Waals surface area contributed by atoms with E-state index < -0.39 is 0 Å². The Bertz CT molecular complexity index is 451. The van der Waals surface area contributed by atoms with E-state index in [0.29, 0.717) is 22.6 Å². The van der Waals surface area contributed by atoms with Crippen LogP contribution in [0.5, 0.6) is 0 Å². The summed E-state index contributed by atoms with van der Waals surface area (Å²) in [6, 6.07) is 3.51. The maximum atomic E-state index is 12.4. The molecule has 3 nitrogen and oxygen atoms in total. The van der Waals surface area contributed by atoms with Gasteiger partial charge in [-0.3, -0.25) is 4.79 Å². The molecule has 1 aromatic rings. The largest absolute Gasteiger partial charge is 0.338 e. The molecular weight excluding hydrogens is 248 g/mol. The van der Waals surface area contributed by atoms with Gasteiger partial charge in [0, 0.05) is 24.3 Å². The molecule has 0 N–H and O–H groups in total. The van der Waals surface area contributed by atoms with Crippen molar-refractivity contribution in [2.45, 2.75) is 27.2 Å². The lowest BCUT2D eigenvalue weighted by Crippen LogP contribution is -2.29. The predicted molar refractivity (Wildman–Crippen MR) is 72.9 cm³/mol. The molecular formula is C14H19ClN2O. The summed E-state index contributed by atoms with van der Waals surface area (Å²) < 4.78 is 0. The van der Waals surface area contributed by atoms with Gasteiger partial charge in [-0.25, -0.2) is 4.98 Å². The van der Waals surface area contributed by atoms with Crippen LogP contribution in [0.25, 0.3) is 0 Å². The minimum Gasteiger partial charge on any atom is -0.338 e. The highest BCUT2D eigenvalue weighted by Gasteiger charge is 2.30. The lowest BCUT2D eigenvalue weighted by atomic mass is 10.0. The molecule has 1 aliphatic rings. The molecule has 0 aliphatic carbocycles. The van der Waals surface area contributed by atoms with Crippen LogP contribution in [0.1, 0.15) is 36.8 Å². The van der Waals surface area contributed by atoms with E-state index in [0.717, 1.165) is 25.2 Å². The molecule has 2 atom stereocenters. The normalized spacial score (nSPS) is 23.4. The van der Waals surface area contributed by atoms with Gasteiger partial charge in [-0.05, 0) is 30.4 Å². The van der Waals surface area contributed by atoms with Crippen molar-refractivity contribution in [3.63, 3.8) is 0 Å². The third kappa shape index (κ3) is 2.66. The van der Waals surface area contributed by atoms with Gasteiger partial charge < -0.3 is 4.90 Å². The SMILES string of the molecule is CCc1cc(C(=O)N2CC(C)C(C)C2)cc(Cl)n1. The van der Waals surface area contributed by atoms with Gasteiger partial charge in [0.1, 0.15) is 5.15 Å². The molecule has 0 saturated carbocycles. The summed E-state index contributed by atoms with van der Waals surface area (Å²) in [5, 5.41) is 0.401. The van der Waals surface area contributed by atoms with Crippen molar-refractivity contribution < 1.29 is 4.79 Å². The van der Waals surface area contributed by atoms with Crippen LogP contribution in [0, 0.1) is 11.8 Å². The lowest BCUT2D eigenvalue weighted by molar-refractivity contribution is 0.0784. The van der Waals surface area contributed by atoms with E-state index in [4.69, 9.17) is 11.6 Å². The number of rotatable bonds is 2. The van der Waals surface area contributed by atoms with Gasteiger partial charge in [0.15, 0.2) is 0 Å². The first-order valence-electron chi connectivity index (χ1n) is 6.47. The highest BCUT2D eigenvalue weighted by atomic mass is 35.5. The zero-order valence-corrected chi connectivity index (χ0v) is 11.9. The molecule has 98 valence electrons. The van der Waals surface area contributed by atoms with E-state index in [2.05, 4.69) is 18.8 Å². The molecule has 0 bridgehead atoms. The molecule has 0 spiro atoms. The number of hydrogen-bond donors (Lipinski definition) is 0. The summed E-state index contributed by atoms with van der Waals surface area (Å²) >= 11 is 5.96. The molecule has 1 amide bonds. The maximum absolute atomic E-state index is 12.4. The number of likely N-dealkylation sites (tertiary alicyclic amines) is 1. The van der Waals surface area contributed by atoms with Crippen molar-refractivity contribution >= 4 is 17.5 Å². The van der Waals surface area contributed by atoms with Crippen LogP contribution in [0.4, 0.5) is 0 Å². The maximum Gasteiger partial charge on any atom is 0.254 e. The van der Waals surface area contributed by atoms with E-state index >= 15 is 0 Å². The van der Waals surface area contributed by atoms with Gasteiger partial charge in [0.05, 0.1) is 0 Å². The number of nitrogens with zero attached hydrogens (tertiary/aromatic N) is 2. The Morgan fingerprint density at radius 1 is 1.39 bits per heavy atom. The smallest absolute Gasteiger partial charge is 0.254 e. The molecule has 1 aromatic heterocycles. The number of aromatic nitrogens is 1. The van der Waals surface area contributed by atoms with Crippen LogP contribution < -0.4 is 0 Å². The number of hydrogen-bond acceptors (Lipinski definition) is 2. The zero-order valence-electron chi connectivity index (χ0n) is 11.1. The van der Waals surface area contributed by atoms with Crippen LogP contribution in [-0.2, 0) is 6.42 Å². The van der Waals surface area contributed by atoms with Gasteiger partial charge in [0.2, 0.25) is 0 Å². The molecule has 0 aromatic carbocycles. The first-order valence-corrected chi connectivity index (χ1v) is 6.84. The molecule has 18 heavy (non-hydrogen) atoms. The Morgan fingerprint density at radius 2 is 2.00 bits per heavy atom. The first-order chi connectivity index (χ1) is 8.51. The van der Waals surface area contributed by atoms with Crippen molar-refractivity contribution in [2.24, 2.45) is 11.8 Å². The Morgan fingerprint density at radius 3 is 2.56 bits per heavy atom. The number of amides is 1. The van der Waals surface area contributed by atoms with Crippen molar-refractivity contribution in [3.8, 4) is 0 Å². The van der Waals surface area contributed by atoms with E-state index in [1.165, 1.54) is 0 Å². The van der Waals surface area contributed by atoms with Gasteiger partial charge >= 0.3 is 0 Å². The fraction of sp³-hybridized carbons (Fsp3) is 0.571. The Labute approximate surface area is 113 Å². The third-order valence-electron chi connectivity index (χ3n) is 3.73. The topological polar surface area (TPSA) is 33.2 Å². The average molecular weight is 267 g/mol. The number of halogens is 1. The summed E-state index contributed by atoms with van der Waals surface area (Å²) in [5.74, 6) is 1.21. The Kier molecular flexibility index (Phi) is 3.91. The second-order valence-electron chi connectivity index (χ2n) is 5.19. The van der Waals surface area contributed by atoms with Crippen LogP contribution in [0.2, 0.25) is 5.15 Å². The monoisotopic (exact) mass is 266 g/mol. The van der Waals surface area contributed by atoms with Crippen molar-refractivity contribution in [2.75, 3.05) is 13.1 Å². The van der Waals surface area contributed by atoms with Crippen molar-refractivity contribution in [1.29, 1.82) is 0 Å². The number of aryl methyl sites for hydroxylation is 1. The molecule has 2 unspecified atom stereocenters. The van der Waals surface area contributed by atoms with Crippen LogP contribution in [0.3, 0.4) is 0 Å². The van der Waals surface area contributed by atoms with Crippen LogP contribution >= 0.6 is 11.6 Å². The second kappa shape index (κ2) is 5.27. The van der Waals surface area contributed by atoms with Crippen molar-refractivity contribution in [1.82, 2.24) is 9.88 Å². The zero-order chi connectivity index (χ0) is 13.3. The number of carbonyl (C=O) groups excluding carboxylic acids is 1. The summed E-state index contributed by atoms with van der Waals surface area (Å²) in [4.78, 5) is 18.5. The highest BCUT2D eigenvalue weighted by Crippen LogP contribution is 2.24. The van der Waals surface area contributed by atoms with Gasteiger partial charge in [-0.2, -0.15) is 0 Å². The molecule has 1 aliphatic heterocycles. The third-order valence-corrected chi connectivity index (χ3v) is 3.93. The lowest BCUT2D eigenvalue weighted by Gasteiger charge is -2.16. The van der Waals surface area contributed by atoms with E-state index in [9.17, 15) is 4.79 Å².